The first-order valence-electron chi connectivity index (χ1n) is 9.67. The van der Waals surface area contributed by atoms with E-state index in [1.165, 1.54) is 16.6 Å². The molecule has 26 heavy (non-hydrogen) atoms. The lowest BCUT2D eigenvalue weighted by molar-refractivity contribution is 0.171. The molecule has 0 amide bonds. The van der Waals surface area contributed by atoms with Crippen molar-refractivity contribution < 1.29 is 5.11 Å². The van der Waals surface area contributed by atoms with Gasteiger partial charge in [-0.05, 0) is 50.5 Å². The quantitative estimate of drug-likeness (QED) is 0.779. The van der Waals surface area contributed by atoms with Crippen LogP contribution in [-0.4, -0.2) is 84.8 Å². The number of likely N-dealkylation sites (N-methyl/N-ethyl adjacent to an activating group) is 2. The van der Waals surface area contributed by atoms with Crippen molar-refractivity contribution in [2.45, 2.75) is 6.54 Å². The van der Waals surface area contributed by atoms with Crippen LogP contribution < -0.4 is 0 Å². The fraction of sp³-hybridized carbons (Fsp3) is 0.619. The van der Waals surface area contributed by atoms with Crippen LogP contribution in [0.3, 0.4) is 0 Å². The Morgan fingerprint density at radius 2 is 1.81 bits per heavy atom. The minimum absolute atomic E-state index is 0.289. The van der Waals surface area contributed by atoms with Crippen molar-refractivity contribution in [3.63, 3.8) is 0 Å². The molecule has 0 unspecified atom stereocenters. The van der Waals surface area contributed by atoms with Gasteiger partial charge in [-0.15, -0.1) is 0 Å². The molecule has 2 atom stereocenters. The second kappa shape index (κ2) is 8.53. The molecule has 0 radical (unpaired) electrons. The van der Waals surface area contributed by atoms with E-state index < -0.39 is 0 Å². The topological polar surface area (TPSA) is 34.9 Å². The predicted molar refractivity (Wildman–Crippen MR) is 108 cm³/mol. The number of nitrogens with zero attached hydrogens (tertiary/aromatic N) is 4. The molecular weight excluding hydrogens is 324 g/mol. The van der Waals surface area contributed by atoms with E-state index in [1.807, 2.05) is 0 Å². The van der Waals surface area contributed by atoms with Gasteiger partial charge in [-0.1, -0.05) is 18.2 Å². The lowest BCUT2D eigenvalue weighted by Gasteiger charge is -2.25. The van der Waals surface area contributed by atoms with Gasteiger partial charge in [0.2, 0.25) is 0 Å². The summed E-state index contributed by atoms with van der Waals surface area (Å²) in [4.78, 5) is 7.15. The summed E-state index contributed by atoms with van der Waals surface area (Å²) in [5.74, 6) is 0.924. The number of aliphatic hydroxyl groups excluding tert-OH is 1. The van der Waals surface area contributed by atoms with Crippen LogP contribution in [0.15, 0.2) is 30.3 Å². The number of hydrogen-bond donors (Lipinski definition) is 1. The van der Waals surface area contributed by atoms with Gasteiger partial charge >= 0.3 is 0 Å². The third kappa shape index (κ3) is 4.46. The standard InChI is InChI=1S/C21H34N4O/c1-22(2)9-10-23(3)12-18-13-25(14-19(18)16-26)15-20-11-17-7-5-6-8-21(17)24(20)4/h5-8,11,18-19,26H,9-10,12-16H2,1-4H3/t18-,19-/m1/s1. The van der Waals surface area contributed by atoms with Crippen LogP contribution >= 0.6 is 0 Å². The van der Waals surface area contributed by atoms with Crippen molar-refractivity contribution in [1.29, 1.82) is 0 Å². The molecule has 2 heterocycles. The average molecular weight is 359 g/mol. The van der Waals surface area contributed by atoms with E-state index in [4.69, 9.17) is 0 Å². The second-order valence-electron chi connectivity index (χ2n) is 8.22. The molecule has 5 nitrogen and oxygen atoms in total. The lowest BCUT2D eigenvalue weighted by atomic mass is 9.96. The van der Waals surface area contributed by atoms with Gasteiger partial charge in [0.05, 0.1) is 0 Å². The Morgan fingerprint density at radius 3 is 2.50 bits per heavy atom. The van der Waals surface area contributed by atoms with Gasteiger partial charge in [0.15, 0.2) is 0 Å². The largest absolute Gasteiger partial charge is 0.396 e. The molecule has 1 saturated heterocycles. The number of aromatic nitrogens is 1. The van der Waals surface area contributed by atoms with Gasteiger partial charge in [0, 0.05) is 64.1 Å². The molecule has 1 aliphatic rings. The van der Waals surface area contributed by atoms with Crippen molar-refractivity contribution >= 4 is 10.9 Å². The first kappa shape index (κ1) is 19.4. The first-order valence-corrected chi connectivity index (χ1v) is 9.67. The molecule has 1 fully saturated rings. The summed E-state index contributed by atoms with van der Waals surface area (Å²) in [5.41, 5.74) is 2.64. The van der Waals surface area contributed by atoms with E-state index in [1.54, 1.807) is 0 Å². The molecule has 144 valence electrons. The van der Waals surface area contributed by atoms with Crippen molar-refractivity contribution in [2.75, 3.05) is 60.5 Å². The summed E-state index contributed by atoms with van der Waals surface area (Å²) in [5, 5.41) is 11.2. The van der Waals surface area contributed by atoms with Gasteiger partial charge in [-0.3, -0.25) is 4.90 Å². The van der Waals surface area contributed by atoms with Crippen LogP contribution in [0.4, 0.5) is 0 Å². The summed E-state index contributed by atoms with van der Waals surface area (Å²) in [7, 11) is 8.59. The fourth-order valence-corrected chi connectivity index (χ4v) is 4.17. The molecular formula is C21H34N4O. The highest BCUT2D eigenvalue weighted by Crippen LogP contribution is 2.27. The number of fused-ring (bicyclic) bond motifs is 1. The fourth-order valence-electron chi connectivity index (χ4n) is 4.17. The van der Waals surface area contributed by atoms with E-state index in [0.717, 1.165) is 39.3 Å². The number of benzene rings is 1. The molecule has 0 bridgehead atoms. The summed E-state index contributed by atoms with van der Waals surface area (Å²) in [6, 6.07) is 10.9. The maximum Gasteiger partial charge on any atom is 0.0480 e. The molecule has 3 rings (SSSR count). The monoisotopic (exact) mass is 358 g/mol. The number of aliphatic hydroxyl groups is 1. The van der Waals surface area contributed by atoms with Crippen LogP contribution in [0.1, 0.15) is 5.69 Å². The molecule has 1 aromatic heterocycles. The van der Waals surface area contributed by atoms with Gasteiger partial charge in [-0.25, -0.2) is 0 Å². The molecule has 0 saturated carbocycles. The van der Waals surface area contributed by atoms with Gasteiger partial charge < -0.3 is 19.5 Å². The van der Waals surface area contributed by atoms with Crippen LogP contribution in [-0.2, 0) is 13.6 Å². The van der Waals surface area contributed by atoms with E-state index in [2.05, 4.69) is 77.8 Å². The smallest absolute Gasteiger partial charge is 0.0480 e. The van der Waals surface area contributed by atoms with Crippen molar-refractivity contribution in [1.82, 2.24) is 19.3 Å². The zero-order chi connectivity index (χ0) is 18.7. The predicted octanol–water partition coefficient (Wildman–Crippen LogP) is 1.71. The van der Waals surface area contributed by atoms with E-state index in [0.29, 0.717) is 11.8 Å². The Kier molecular flexibility index (Phi) is 6.35. The zero-order valence-corrected chi connectivity index (χ0v) is 16.7. The summed E-state index contributed by atoms with van der Waals surface area (Å²) in [6.07, 6.45) is 0. The Bertz CT molecular complexity index is 711. The Balaban J connectivity index is 1.62. The van der Waals surface area contributed by atoms with Gasteiger partial charge in [0.1, 0.15) is 0 Å². The molecule has 1 aliphatic heterocycles. The highest BCUT2D eigenvalue weighted by molar-refractivity contribution is 5.81. The molecule has 1 aromatic carbocycles. The molecule has 5 heteroatoms. The van der Waals surface area contributed by atoms with Crippen LogP contribution in [0.25, 0.3) is 10.9 Å². The first-order chi connectivity index (χ1) is 12.5. The Morgan fingerprint density at radius 1 is 1.08 bits per heavy atom. The molecule has 1 N–H and O–H groups in total. The number of aryl methyl sites for hydroxylation is 1. The number of rotatable bonds is 8. The van der Waals surface area contributed by atoms with Crippen molar-refractivity contribution in [3.05, 3.63) is 36.0 Å². The Hall–Kier alpha value is -1.40. The van der Waals surface area contributed by atoms with E-state index >= 15 is 0 Å². The Labute approximate surface area is 157 Å². The highest BCUT2D eigenvalue weighted by Gasteiger charge is 2.33. The maximum atomic E-state index is 9.86. The van der Waals surface area contributed by atoms with Gasteiger partial charge in [0.25, 0.3) is 0 Å². The van der Waals surface area contributed by atoms with Crippen molar-refractivity contribution in [3.8, 4) is 0 Å². The second-order valence-corrected chi connectivity index (χ2v) is 8.22. The average Bonchev–Trinajstić information content (AvgIpc) is 3.14. The molecule has 0 aliphatic carbocycles. The highest BCUT2D eigenvalue weighted by atomic mass is 16.3. The summed E-state index contributed by atoms with van der Waals surface area (Å²) in [6.45, 7) is 6.52. The minimum atomic E-state index is 0.289. The van der Waals surface area contributed by atoms with E-state index in [9.17, 15) is 5.11 Å². The third-order valence-corrected chi connectivity index (χ3v) is 5.80. The number of likely N-dealkylation sites (tertiary alicyclic amines) is 1. The lowest BCUT2D eigenvalue weighted by Crippen LogP contribution is -2.35. The molecule has 0 spiro atoms. The zero-order valence-electron chi connectivity index (χ0n) is 16.7. The summed E-state index contributed by atoms with van der Waals surface area (Å²) < 4.78 is 2.31. The van der Waals surface area contributed by atoms with Crippen LogP contribution in [0.2, 0.25) is 0 Å². The normalized spacial score (nSPS) is 21.5. The maximum absolute atomic E-state index is 9.86. The minimum Gasteiger partial charge on any atom is -0.396 e. The van der Waals surface area contributed by atoms with Crippen molar-refractivity contribution in [2.24, 2.45) is 18.9 Å². The van der Waals surface area contributed by atoms with Crippen LogP contribution in [0.5, 0.6) is 0 Å². The summed E-state index contributed by atoms with van der Waals surface area (Å²) >= 11 is 0. The third-order valence-electron chi connectivity index (χ3n) is 5.80. The SMILES string of the molecule is CN(C)CCN(C)C[C@@H]1CN(Cc2cc3ccccc3n2C)C[C@@H]1CO. The van der Waals surface area contributed by atoms with Gasteiger partial charge in [-0.2, -0.15) is 0 Å². The van der Waals surface area contributed by atoms with E-state index in [-0.39, 0.29) is 6.61 Å². The number of hydrogen-bond acceptors (Lipinski definition) is 4. The number of para-hydroxylation sites is 1. The van der Waals surface area contributed by atoms with Crippen LogP contribution in [0, 0.1) is 11.8 Å². The molecule has 2 aromatic rings.